The Bertz CT molecular complexity index is 2380. The van der Waals surface area contributed by atoms with Crippen LogP contribution in [-0.4, -0.2) is 111 Å². The van der Waals surface area contributed by atoms with E-state index in [0.717, 1.165) is 22.5 Å². The summed E-state index contributed by atoms with van der Waals surface area (Å²) in [4.78, 5) is 75.3. The molecule has 4 amide bonds. The summed E-state index contributed by atoms with van der Waals surface area (Å²) in [6.45, 7) is 19.9. The lowest BCUT2D eigenvalue weighted by atomic mass is 9.84. The van der Waals surface area contributed by atoms with Crippen LogP contribution in [0.5, 0.6) is 5.75 Å². The maximum atomic E-state index is 14.0. The average molecular weight is 952 g/mol. The quantitative estimate of drug-likeness (QED) is 0.0213. The first kappa shape index (κ1) is 51.8. The number of nitrogens with zero attached hydrogens (tertiary/aromatic N) is 5. The van der Waals surface area contributed by atoms with Gasteiger partial charge >= 0.3 is 28.6 Å². The molecule has 0 radical (unpaired) electrons. The van der Waals surface area contributed by atoms with E-state index in [-0.39, 0.29) is 10.8 Å². The van der Waals surface area contributed by atoms with E-state index in [1.807, 2.05) is 40.9 Å². The Morgan fingerprint density at radius 2 is 1.52 bits per heavy atom. The number of amides is 4. The number of thiazole rings is 1. The summed E-state index contributed by atoms with van der Waals surface area (Å²) in [6.07, 6.45) is 3.25. The van der Waals surface area contributed by atoms with Crippen molar-refractivity contribution < 1.29 is 69.7 Å². The van der Waals surface area contributed by atoms with Gasteiger partial charge in [-0.2, -0.15) is 18.2 Å². The van der Waals surface area contributed by atoms with E-state index in [1.165, 1.54) is 26.2 Å². The molecule has 358 valence electrons. The van der Waals surface area contributed by atoms with E-state index >= 15 is 0 Å². The normalized spacial score (nSPS) is 16.4. The SMILES string of the molecule is C[n+]1cc(-c2ccc(OC[C@](C)(O/N=C(\C(=O)N[C@@H]3C(=O)N(OS(=O)(=O)O)C3(C)C)c3csc(NC(=O)OC(C)(C)C)n3)C(=O)OC(C)(C)C)cc2)cn1CCCNC(=O)OC(C)(C)C. The molecule has 65 heavy (non-hydrogen) atoms. The third-order valence-electron chi connectivity index (χ3n) is 8.81. The molecule has 22 nitrogen and oxygen atoms in total. The van der Waals surface area contributed by atoms with Crippen LogP contribution < -0.4 is 25.4 Å². The van der Waals surface area contributed by atoms with Crippen LogP contribution in [0.1, 0.15) is 95.2 Å². The number of anilines is 1. The molecule has 0 bridgehead atoms. The maximum absolute atomic E-state index is 14.0. The average Bonchev–Trinajstić information content (AvgIpc) is 3.77. The molecule has 4 rings (SSSR count). The highest BCUT2D eigenvalue weighted by atomic mass is 32.3. The minimum atomic E-state index is -5.09. The third kappa shape index (κ3) is 15.1. The fourth-order valence-corrected chi connectivity index (χ4v) is 6.89. The number of rotatable bonds is 17. The summed E-state index contributed by atoms with van der Waals surface area (Å²) in [6, 6.07) is 5.62. The van der Waals surface area contributed by atoms with Gasteiger partial charge in [0.1, 0.15) is 40.9 Å². The number of oxime groups is 1. The second-order valence-corrected chi connectivity index (χ2v) is 20.5. The molecule has 2 aromatic heterocycles. The van der Waals surface area contributed by atoms with E-state index < -0.39 is 86.7 Å². The fourth-order valence-electron chi connectivity index (χ4n) is 5.75. The van der Waals surface area contributed by atoms with Gasteiger partial charge in [0.2, 0.25) is 6.20 Å². The van der Waals surface area contributed by atoms with E-state index in [2.05, 4.69) is 30.4 Å². The van der Waals surface area contributed by atoms with Gasteiger partial charge < -0.3 is 34.4 Å². The van der Waals surface area contributed by atoms with Gasteiger partial charge in [-0.05, 0) is 107 Å². The minimum absolute atomic E-state index is 0.0119. The number of hydroxylamine groups is 2. The van der Waals surface area contributed by atoms with E-state index in [4.69, 9.17) is 23.8 Å². The van der Waals surface area contributed by atoms with Crippen LogP contribution in [0.2, 0.25) is 0 Å². The number of carbonyl (C=O) groups is 5. The molecule has 1 aliphatic rings. The summed E-state index contributed by atoms with van der Waals surface area (Å²) >= 11 is 0.892. The summed E-state index contributed by atoms with van der Waals surface area (Å²) in [5.41, 5.74) is -4.95. The maximum Gasteiger partial charge on any atom is 0.418 e. The van der Waals surface area contributed by atoms with Crippen LogP contribution in [0.15, 0.2) is 47.2 Å². The van der Waals surface area contributed by atoms with Crippen LogP contribution in [0.4, 0.5) is 14.7 Å². The third-order valence-corrected chi connectivity index (χ3v) is 9.91. The van der Waals surface area contributed by atoms with E-state index in [1.54, 1.807) is 74.4 Å². The lowest BCUT2D eigenvalue weighted by molar-refractivity contribution is -0.753. The largest absolute Gasteiger partial charge is 0.489 e. The Balaban J connectivity index is 1.57. The molecule has 1 fully saturated rings. The van der Waals surface area contributed by atoms with Crippen LogP contribution in [0.25, 0.3) is 11.1 Å². The van der Waals surface area contributed by atoms with Crippen molar-refractivity contribution in [3.05, 3.63) is 47.7 Å². The molecule has 1 aliphatic heterocycles. The van der Waals surface area contributed by atoms with Gasteiger partial charge in [0, 0.05) is 11.9 Å². The number of esters is 1. The van der Waals surface area contributed by atoms with E-state index in [9.17, 15) is 36.9 Å². The van der Waals surface area contributed by atoms with Crippen molar-refractivity contribution in [2.24, 2.45) is 12.2 Å². The van der Waals surface area contributed by atoms with Crippen molar-refractivity contribution in [2.45, 2.75) is 130 Å². The number of hydrogen-bond acceptors (Lipinski definition) is 16. The summed E-state index contributed by atoms with van der Waals surface area (Å²) in [5.74, 6) is -2.68. The predicted molar refractivity (Wildman–Crippen MR) is 235 cm³/mol. The number of aromatic nitrogens is 3. The molecule has 0 spiro atoms. The topological polar surface area (TPSA) is 268 Å². The second-order valence-electron chi connectivity index (χ2n) is 18.7. The first-order chi connectivity index (χ1) is 29.7. The van der Waals surface area contributed by atoms with Crippen molar-refractivity contribution in [1.82, 2.24) is 25.4 Å². The van der Waals surface area contributed by atoms with Crippen LogP contribution in [-0.2, 0) is 61.7 Å². The molecule has 1 aromatic carbocycles. The predicted octanol–water partition coefficient (Wildman–Crippen LogP) is 4.44. The van der Waals surface area contributed by atoms with Gasteiger partial charge in [0.25, 0.3) is 17.4 Å². The lowest BCUT2D eigenvalue weighted by Crippen LogP contribution is -2.76. The number of ether oxygens (including phenoxy) is 4. The van der Waals surface area contributed by atoms with Crippen molar-refractivity contribution >= 4 is 62.5 Å². The van der Waals surface area contributed by atoms with Gasteiger partial charge in [-0.15, -0.1) is 20.3 Å². The molecule has 0 saturated carbocycles. The molecule has 0 unspecified atom stereocenters. The molecule has 4 N–H and O–H groups in total. The molecule has 0 aliphatic carbocycles. The highest BCUT2D eigenvalue weighted by molar-refractivity contribution is 7.80. The lowest BCUT2D eigenvalue weighted by Gasteiger charge is -2.50. The Morgan fingerprint density at radius 3 is 2.09 bits per heavy atom. The molecule has 2 atom stereocenters. The van der Waals surface area contributed by atoms with Crippen LogP contribution >= 0.6 is 11.3 Å². The molecule has 3 aromatic rings. The summed E-state index contributed by atoms with van der Waals surface area (Å²) in [7, 11) is -3.19. The van der Waals surface area contributed by atoms with Gasteiger partial charge in [0.05, 0.1) is 23.8 Å². The van der Waals surface area contributed by atoms with Crippen molar-refractivity contribution in [3.63, 3.8) is 0 Å². The molecular weight excluding hydrogens is 893 g/mol. The summed E-state index contributed by atoms with van der Waals surface area (Å²) < 4.78 is 62.5. The monoisotopic (exact) mass is 951 g/mol. The Labute approximate surface area is 381 Å². The number of hydrogen-bond donors (Lipinski definition) is 4. The number of benzene rings is 1. The molecular formula is C41H59N8O14S2+. The Kier molecular flexibility index (Phi) is 15.7. The first-order valence-corrected chi connectivity index (χ1v) is 22.5. The van der Waals surface area contributed by atoms with Crippen molar-refractivity contribution in [3.8, 4) is 16.9 Å². The standard InChI is InChI=1S/C41H58N8O14S2/c1-37(2,3)59-33(52)41(12,24-58-27-17-15-25(16-18-27)26-21-47(13)48(22-26)20-14-19-42-35(53)60-38(4,5)6)62-46-29(28-23-64-34(43-28)45-36(54)61-39(7,8)9)31(50)44-30-32(51)49(40(30,10)11)63-65(55,56)57/h15-18,21-23,30H,14,19-20,24H2,1-13H3,(H3-,42,43,44,45,50,53,54,55,56,57)/p+1/b46-29-/t30-,41+/m1/s1. The zero-order valence-electron chi connectivity index (χ0n) is 38.8. The zero-order chi connectivity index (χ0) is 48.9. The van der Waals surface area contributed by atoms with Crippen molar-refractivity contribution in [1.29, 1.82) is 0 Å². The van der Waals surface area contributed by atoms with Gasteiger partial charge in [-0.1, -0.05) is 17.3 Å². The molecule has 1 saturated heterocycles. The highest BCUT2D eigenvalue weighted by Gasteiger charge is 2.58. The number of alkyl carbamates (subject to hydrolysis) is 1. The number of carbonyl (C=O) groups excluding carboxylic acids is 5. The zero-order valence-corrected chi connectivity index (χ0v) is 40.4. The minimum Gasteiger partial charge on any atom is -0.489 e. The number of β-lactam (4-membered cyclic amide) rings is 1. The number of nitrogens with one attached hydrogen (secondary N) is 3. The fraction of sp³-hybridized carbons (Fsp3) is 0.561. The van der Waals surface area contributed by atoms with Gasteiger partial charge in [-0.25, -0.2) is 19.4 Å². The Morgan fingerprint density at radius 1 is 0.923 bits per heavy atom. The van der Waals surface area contributed by atoms with E-state index in [0.29, 0.717) is 30.3 Å². The molecule has 24 heteroatoms. The van der Waals surface area contributed by atoms with Gasteiger partial charge in [-0.3, -0.25) is 19.5 Å². The van der Waals surface area contributed by atoms with Crippen LogP contribution in [0, 0.1) is 0 Å². The Hall–Kier alpha value is -5.85. The van der Waals surface area contributed by atoms with Crippen molar-refractivity contribution in [2.75, 3.05) is 18.5 Å². The highest BCUT2D eigenvalue weighted by Crippen LogP contribution is 2.33. The van der Waals surface area contributed by atoms with Crippen LogP contribution in [0.3, 0.4) is 0 Å². The smallest absolute Gasteiger partial charge is 0.418 e. The summed E-state index contributed by atoms with van der Waals surface area (Å²) in [5, 5.41) is 13.4. The van der Waals surface area contributed by atoms with Gasteiger partial charge in [0.15, 0.2) is 17.9 Å². The molecule has 3 heterocycles. The number of aryl methyl sites for hydroxylation is 2. The first-order valence-electron chi connectivity index (χ1n) is 20.3. The second kappa shape index (κ2) is 19.7.